The summed E-state index contributed by atoms with van der Waals surface area (Å²) in [6.45, 7) is 6.17. The Morgan fingerprint density at radius 2 is 1.96 bits per heavy atom. The lowest BCUT2D eigenvalue weighted by molar-refractivity contribution is -0.181. The van der Waals surface area contributed by atoms with E-state index in [1.54, 1.807) is 6.07 Å². The molecule has 1 aromatic rings. The maximum atomic E-state index is 12.8. The Hall–Kier alpha value is -1.77. The maximum Gasteiger partial charge on any atom is 0.272 e. The zero-order valence-corrected chi connectivity index (χ0v) is 16.0. The molecule has 0 radical (unpaired) electrons. The van der Waals surface area contributed by atoms with Gasteiger partial charge in [-0.2, -0.15) is 0 Å². The summed E-state index contributed by atoms with van der Waals surface area (Å²) in [7, 11) is 4.09. The summed E-state index contributed by atoms with van der Waals surface area (Å²) in [5.74, 6) is -0.0138. The number of ether oxygens (including phenoxy) is 2. The van der Waals surface area contributed by atoms with E-state index in [2.05, 4.69) is 20.2 Å². The fourth-order valence-corrected chi connectivity index (χ4v) is 3.35. The van der Waals surface area contributed by atoms with Crippen LogP contribution in [0.1, 0.15) is 35.4 Å². The normalized spacial score (nSPS) is 19.3. The average molecular weight is 363 g/mol. The molecule has 2 fully saturated rings. The summed E-state index contributed by atoms with van der Waals surface area (Å²) >= 11 is 0. The van der Waals surface area contributed by atoms with Gasteiger partial charge in [0.05, 0.1) is 13.2 Å². The van der Waals surface area contributed by atoms with E-state index in [0.717, 1.165) is 25.2 Å². The van der Waals surface area contributed by atoms with E-state index in [1.807, 2.05) is 25.9 Å². The Morgan fingerprint density at radius 1 is 1.27 bits per heavy atom. The predicted molar refractivity (Wildman–Crippen MR) is 98.2 cm³/mol. The molecule has 2 saturated heterocycles. The number of rotatable bonds is 6. The van der Waals surface area contributed by atoms with Crippen molar-refractivity contribution in [3.63, 3.8) is 0 Å². The van der Waals surface area contributed by atoms with E-state index in [0.29, 0.717) is 50.8 Å². The third kappa shape index (κ3) is 4.69. The molecule has 1 N–H and O–H groups in total. The number of nitrogens with zero attached hydrogens (tertiary/aromatic N) is 4. The number of hydrogen-bond donors (Lipinski definition) is 1. The molecule has 0 saturated carbocycles. The SMILES string of the molecule is Cc1cc(C(=O)N2CCC3(CC2)OCCO3)nc(NCCCN(C)C)n1. The number of anilines is 1. The van der Waals surface area contributed by atoms with Crippen molar-refractivity contribution < 1.29 is 14.3 Å². The van der Waals surface area contributed by atoms with Gasteiger partial charge in [-0.15, -0.1) is 0 Å². The fraction of sp³-hybridized carbons (Fsp3) is 0.722. The van der Waals surface area contributed by atoms with Crippen LogP contribution >= 0.6 is 0 Å². The van der Waals surface area contributed by atoms with E-state index in [4.69, 9.17) is 9.47 Å². The second-order valence-electron chi connectivity index (χ2n) is 7.20. The zero-order chi connectivity index (χ0) is 18.6. The highest BCUT2D eigenvalue weighted by molar-refractivity contribution is 5.92. The summed E-state index contributed by atoms with van der Waals surface area (Å²) in [6.07, 6.45) is 2.40. The van der Waals surface area contributed by atoms with Crippen LogP contribution in [0.25, 0.3) is 0 Å². The quantitative estimate of drug-likeness (QED) is 0.759. The van der Waals surface area contributed by atoms with Crippen molar-refractivity contribution in [3.05, 3.63) is 17.5 Å². The second kappa shape index (κ2) is 8.28. The van der Waals surface area contributed by atoms with Crippen LogP contribution < -0.4 is 5.32 Å². The lowest BCUT2D eigenvalue weighted by atomic mass is 10.0. The molecule has 144 valence electrons. The van der Waals surface area contributed by atoms with E-state index >= 15 is 0 Å². The number of carbonyl (C=O) groups excluding carboxylic acids is 1. The van der Waals surface area contributed by atoms with Crippen LogP contribution in [0.3, 0.4) is 0 Å². The Labute approximate surface area is 154 Å². The van der Waals surface area contributed by atoms with Crippen LogP contribution in [0.15, 0.2) is 6.07 Å². The number of hydrogen-bond acceptors (Lipinski definition) is 7. The number of amides is 1. The van der Waals surface area contributed by atoms with Gasteiger partial charge in [0, 0.05) is 38.2 Å². The minimum Gasteiger partial charge on any atom is -0.354 e. The van der Waals surface area contributed by atoms with Crippen molar-refractivity contribution in [2.24, 2.45) is 0 Å². The molecule has 0 atom stereocenters. The molecule has 1 aromatic heterocycles. The third-order valence-corrected chi connectivity index (χ3v) is 4.76. The number of aromatic nitrogens is 2. The monoisotopic (exact) mass is 363 g/mol. The summed E-state index contributed by atoms with van der Waals surface area (Å²) in [6, 6.07) is 1.75. The van der Waals surface area contributed by atoms with Crippen molar-refractivity contribution in [3.8, 4) is 0 Å². The minimum absolute atomic E-state index is 0.0558. The van der Waals surface area contributed by atoms with Crippen molar-refractivity contribution in [2.75, 3.05) is 58.8 Å². The van der Waals surface area contributed by atoms with Gasteiger partial charge in [0.2, 0.25) is 5.95 Å². The molecule has 1 spiro atoms. The van der Waals surface area contributed by atoms with E-state index < -0.39 is 5.79 Å². The molecule has 8 nitrogen and oxygen atoms in total. The van der Waals surface area contributed by atoms with Gasteiger partial charge in [-0.25, -0.2) is 9.97 Å². The Bertz CT molecular complexity index is 621. The molecule has 0 bridgehead atoms. The lowest BCUT2D eigenvalue weighted by Gasteiger charge is -2.37. The van der Waals surface area contributed by atoms with E-state index in [-0.39, 0.29) is 5.91 Å². The highest BCUT2D eigenvalue weighted by Crippen LogP contribution is 2.31. The average Bonchev–Trinajstić information content (AvgIpc) is 3.06. The molecule has 3 rings (SSSR count). The van der Waals surface area contributed by atoms with E-state index in [9.17, 15) is 4.79 Å². The summed E-state index contributed by atoms with van der Waals surface area (Å²) in [4.78, 5) is 25.6. The van der Waals surface area contributed by atoms with Gasteiger partial charge in [-0.1, -0.05) is 0 Å². The van der Waals surface area contributed by atoms with Gasteiger partial charge in [0.1, 0.15) is 5.69 Å². The van der Waals surface area contributed by atoms with Gasteiger partial charge >= 0.3 is 0 Å². The van der Waals surface area contributed by atoms with Crippen LogP contribution in [-0.4, -0.2) is 85.0 Å². The standard InChI is InChI=1S/C18H29N5O3/c1-14-13-15(21-17(20-14)19-7-4-8-22(2)3)16(24)23-9-5-18(6-10-23)25-11-12-26-18/h13H,4-12H2,1-3H3,(H,19,20,21). The van der Waals surface area contributed by atoms with Crippen molar-refractivity contribution in [2.45, 2.75) is 32.0 Å². The molecule has 0 unspecified atom stereocenters. The fourth-order valence-electron chi connectivity index (χ4n) is 3.35. The molecule has 1 amide bonds. The van der Waals surface area contributed by atoms with Crippen molar-refractivity contribution in [1.29, 1.82) is 0 Å². The Balaban J connectivity index is 1.58. The molecular formula is C18H29N5O3. The number of nitrogens with one attached hydrogen (secondary N) is 1. The predicted octanol–water partition coefficient (Wildman–Crippen LogP) is 1.13. The molecule has 2 aliphatic heterocycles. The number of carbonyl (C=O) groups is 1. The van der Waals surface area contributed by atoms with Crippen LogP contribution in [0.4, 0.5) is 5.95 Å². The zero-order valence-electron chi connectivity index (χ0n) is 16.0. The maximum absolute atomic E-state index is 12.8. The van der Waals surface area contributed by atoms with Crippen molar-refractivity contribution >= 4 is 11.9 Å². The molecule has 0 aliphatic carbocycles. The van der Waals surface area contributed by atoms with Gasteiger partial charge < -0.3 is 24.6 Å². The second-order valence-corrected chi connectivity index (χ2v) is 7.20. The molecule has 2 aliphatic rings. The van der Waals surface area contributed by atoms with E-state index in [1.165, 1.54) is 0 Å². The molecule has 3 heterocycles. The van der Waals surface area contributed by atoms with Crippen LogP contribution in [0, 0.1) is 6.92 Å². The van der Waals surface area contributed by atoms with Crippen LogP contribution in [-0.2, 0) is 9.47 Å². The summed E-state index contributed by atoms with van der Waals surface area (Å²) in [5, 5.41) is 3.22. The lowest BCUT2D eigenvalue weighted by Crippen LogP contribution is -2.47. The van der Waals surface area contributed by atoms with Gasteiger partial charge in [-0.05, 0) is 40.1 Å². The Kier molecular flexibility index (Phi) is 6.05. The topological polar surface area (TPSA) is 79.8 Å². The number of aryl methyl sites for hydroxylation is 1. The van der Waals surface area contributed by atoms with Gasteiger partial charge in [0.25, 0.3) is 5.91 Å². The highest BCUT2D eigenvalue weighted by atomic mass is 16.7. The van der Waals surface area contributed by atoms with Gasteiger partial charge in [-0.3, -0.25) is 4.79 Å². The first kappa shape index (κ1) is 19.0. The van der Waals surface area contributed by atoms with Crippen LogP contribution in [0.2, 0.25) is 0 Å². The first-order valence-electron chi connectivity index (χ1n) is 9.29. The molecule has 8 heteroatoms. The first-order chi connectivity index (χ1) is 12.5. The minimum atomic E-state index is -0.475. The third-order valence-electron chi connectivity index (χ3n) is 4.76. The number of piperidine rings is 1. The largest absolute Gasteiger partial charge is 0.354 e. The highest BCUT2D eigenvalue weighted by Gasteiger charge is 2.41. The molecule has 26 heavy (non-hydrogen) atoms. The molecular weight excluding hydrogens is 334 g/mol. The summed E-state index contributed by atoms with van der Waals surface area (Å²) in [5.41, 5.74) is 1.23. The smallest absolute Gasteiger partial charge is 0.272 e. The molecule has 0 aromatic carbocycles. The van der Waals surface area contributed by atoms with Gasteiger partial charge in [0.15, 0.2) is 5.79 Å². The first-order valence-corrected chi connectivity index (χ1v) is 9.29. The number of likely N-dealkylation sites (tertiary alicyclic amines) is 1. The summed E-state index contributed by atoms with van der Waals surface area (Å²) < 4.78 is 11.5. The van der Waals surface area contributed by atoms with Crippen molar-refractivity contribution in [1.82, 2.24) is 19.8 Å². The Morgan fingerprint density at radius 3 is 2.62 bits per heavy atom. The van der Waals surface area contributed by atoms with Crippen LogP contribution in [0.5, 0.6) is 0 Å².